The Morgan fingerprint density at radius 3 is 2.96 bits per heavy atom. The van der Waals surface area contributed by atoms with Crippen LogP contribution >= 0.6 is 0 Å². The lowest BCUT2D eigenvalue weighted by molar-refractivity contribution is 0.0933. The molecular weight excluding hydrogens is 352 g/mol. The molecule has 0 unspecified atom stereocenters. The van der Waals surface area contributed by atoms with Crippen LogP contribution in [0.4, 0.5) is 8.78 Å². The van der Waals surface area contributed by atoms with Crippen LogP contribution in [-0.2, 0) is 6.61 Å². The van der Waals surface area contributed by atoms with Crippen molar-refractivity contribution in [2.75, 3.05) is 0 Å². The van der Waals surface area contributed by atoms with E-state index in [9.17, 15) is 18.4 Å². The Balaban J connectivity index is 1.61. The highest BCUT2D eigenvalue weighted by atomic mass is 19.2. The van der Waals surface area contributed by atoms with Crippen LogP contribution in [0.5, 0.6) is 5.75 Å². The summed E-state index contributed by atoms with van der Waals surface area (Å²) >= 11 is 0. The van der Waals surface area contributed by atoms with Crippen molar-refractivity contribution in [3.63, 3.8) is 0 Å². The molecule has 0 fully saturated rings. The second-order valence-corrected chi connectivity index (χ2v) is 5.23. The summed E-state index contributed by atoms with van der Waals surface area (Å²) in [5.74, 6) is -2.80. The molecule has 0 spiro atoms. The number of oxazole rings is 1. The number of H-pyrrole nitrogens is 2. The number of ether oxygens (including phenoxy) is 1. The number of carbonyl (C=O) groups excluding carboxylic acids is 1. The second-order valence-electron chi connectivity index (χ2n) is 5.23. The molecule has 0 aliphatic carbocycles. The molecular formula is C15H13F2N5O4. The maximum atomic E-state index is 13.5. The third-order valence-corrected chi connectivity index (χ3v) is 3.33. The maximum absolute atomic E-state index is 13.5. The standard InChI is InChI=1S/C15H13F2N5O4/c1-7(13-20-15(24)22-21-13)18-14(23)9-5-26-11(19-9)6-25-10-4-2-3-8(16)12(10)17/h2-5,7H,6H2,1H3,(H,18,23)(H2,20,21,22,24)/t7-/m1/s1. The molecule has 0 saturated carbocycles. The van der Waals surface area contributed by atoms with Gasteiger partial charge in [0.05, 0.1) is 6.04 Å². The lowest BCUT2D eigenvalue weighted by atomic mass is 10.3. The van der Waals surface area contributed by atoms with Crippen molar-refractivity contribution in [2.45, 2.75) is 19.6 Å². The lowest BCUT2D eigenvalue weighted by Crippen LogP contribution is -2.28. The van der Waals surface area contributed by atoms with Gasteiger partial charge in [0.25, 0.3) is 5.91 Å². The van der Waals surface area contributed by atoms with Crippen molar-refractivity contribution < 1.29 is 22.7 Å². The maximum Gasteiger partial charge on any atom is 0.340 e. The summed E-state index contributed by atoms with van der Waals surface area (Å²) in [7, 11) is 0. The van der Waals surface area contributed by atoms with Crippen LogP contribution in [0, 0.1) is 11.6 Å². The minimum Gasteiger partial charge on any atom is -0.481 e. The fourth-order valence-corrected chi connectivity index (χ4v) is 2.04. The number of nitrogens with one attached hydrogen (secondary N) is 3. The molecule has 2 aromatic heterocycles. The van der Waals surface area contributed by atoms with Crippen LogP contribution in [0.3, 0.4) is 0 Å². The quantitative estimate of drug-likeness (QED) is 0.607. The van der Waals surface area contributed by atoms with Crippen LogP contribution in [0.15, 0.2) is 33.7 Å². The van der Waals surface area contributed by atoms with Gasteiger partial charge in [-0.15, -0.1) is 0 Å². The smallest absolute Gasteiger partial charge is 0.340 e. The van der Waals surface area contributed by atoms with E-state index >= 15 is 0 Å². The molecule has 0 aliphatic heterocycles. The summed E-state index contributed by atoms with van der Waals surface area (Å²) in [6, 6.07) is 2.92. The Kier molecular flexibility index (Phi) is 4.78. The number of hydrogen-bond acceptors (Lipinski definition) is 6. The van der Waals surface area contributed by atoms with Crippen LogP contribution < -0.4 is 15.7 Å². The van der Waals surface area contributed by atoms with Gasteiger partial charge in [0.15, 0.2) is 29.7 Å². The number of carbonyl (C=O) groups is 1. The molecule has 0 bridgehead atoms. The highest BCUT2D eigenvalue weighted by Gasteiger charge is 2.18. The Bertz CT molecular complexity index is 980. The van der Waals surface area contributed by atoms with E-state index in [-0.39, 0.29) is 29.8 Å². The SMILES string of the molecule is C[C@@H](NC(=O)c1coc(COc2cccc(F)c2F)n1)c1n[nH]c(=O)[nH]1. The number of aromatic nitrogens is 4. The van der Waals surface area contributed by atoms with Gasteiger partial charge in [-0.3, -0.25) is 9.78 Å². The zero-order valence-corrected chi connectivity index (χ0v) is 13.4. The highest BCUT2D eigenvalue weighted by Crippen LogP contribution is 2.20. The van der Waals surface area contributed by atoms with Crippen LogP contribution in [0.25, 0.3) is 0 Å². The highest BCUT2D eigenvalue weighted by molar-refractivity contribution is 5.92. The molecule has 1 atom stereocenters. The number of amides is 1. The van der Waals surface area contributed by atoms with Crippen molar-refractivity contribution in [1.82, 2.24) is 25.5 Å². The number of rotatable bonds is 6. The Morgan fingerprint density at radius 2 is 2.23 bits per heavy atom. The van der Waals surface area contributed by atoms with Crippen LogP contribution in [0.1, 0.15) is 35.2 Å². The van der Waals surface area contributed by atoms with Gasteiger partial charge in [-0.1, -0.05) is 6.07 Å². The first-order chi connectivity index (χ1) is 12.4. The van der Waals surface area contributed by atoms with Crippen molar-refractivity contribution in [1.29, 1.82) is 0 Å². The molecule has 3 N–H and O–H groups in total. The molecule has 3 aromatic rings. The first-order valence-electron chi connectivity index (χ1n) is 7.40. The number of hydrogen-bond donors (Lipinski definition) is 3. The Labute approximate surface area is 144 Å². The normalized spacial score (nSPS) is 12.0. The topological polar surface area (TPSA) is 126 Å². The van der Waals surface area contributed by atoms with E-state index in [1.807, 2.05) is 0 Å². The first-order valence-corrected chi connectivity index (χ1v) is 7.40. The van der Waals surface area contributed by atoms with Gasteiger partial charge >= 0.3 is 5.69 Å². The van der Waals surface area contributed by atoms with Crippen molar-refractivity contribution >= 4 is 5.91 Å². The zero-order chi connectivity index (χ0) is 18.7. The molecule has 0 aliphatic rings. The second kappa shape index (κ2) is 7.17. The Morgan fingerprint density at radius 1 is 1.42 bits per heavy atom. The average molecular weight is 365 g/mol. The van der Waals surface area contributed by atoms with E-state index in [4.69, 9.17) is 9.15 Å². The fraction of sp³-hybridized carbons (Fsp3) is 0.200. The number of aromatic amines is 2. The predicted molar refractivity (Wildman–Crippen MR) is 82.3 cm³/mol. The molecule has 26 heavy (non-hydrogen) atoms. The molecule has 0 radical (unpaired) electrons. The molecule has 3 rings (SSSR count). The zero-order valence-electron chi connectivity index (χ0n) is 13.4. The summed E-state index contributed by atoms with van der Waals surface area (Å²) in [5.41, 5.74) is -0.542. The fourth-order valence-electron chi connectivity index (χ4n) is 2.04. The summed E-state index contributed by atoms with van der Waals surface area (Å²) in [6.07, 6.45) is 1.09. The molecule has 9 nitrogen and oxygen atoms in total. The number of nitrogens with zero attached hydrogens (tertiary/aromatic N) is 2. The minimum absolute atomic E-state index is 0.000333. The average Bonchev–Trinajstić information content (AvgIpc) is 3.25. The first kappa shape index (κ1) is 17.3. The third-order valence-electron chi connectivity index (χ3n) is 3.33. The van der Waals surface area contributed by atoms with E-state index in [1.54, 1.807) is 6.92 Å². The van der Waals surface area contributed by atoms with Gasteiger partial charge in [-0.05, 0) is 19.1 Å². The van der Waals surface area contributed by atoms with E-state index in [0.717, 1.165) is 12.3 Å². The minimum atomic E-state index is -1.13. The van der Waals surface area contributed by atoms with Crippen LogP contribution in [-0.4, -0.2) is 26.1 Å². The lowest BCUT2D eigenvalue weighted by Gasteiger charge is -2.08. The number of halogens is 2. The van der Waals surface area contributed by atoms with Gasteiger partial charge in [-0.2, -0.15) is 9.49 Å². The summed E-state index contributed by atoms with van der Waals surface area (Å²) in [6.45, 7) is 1.32. The third kappa shape index (κ3) is 3.77. The van der Waals surface area contributed by atoms with E-state index < -0.39 is 29.3 Å². The van der Waals surface area contributed by atoms with Gasteiger partial charge in [-0.25, -0.2) is 19.3 Å². The molecule has 136 valence electrons. The molecule has 1 amide bonds. The molecule has 2 heterocycles. The van der Waals surface area contributed by atoms with Crippen molar-refractivity contribution in [2.24, 2.45) is 0 Å². The van der Waals surface area contributed by atoms with E-state index in [1.165, 1.54) is 12.1 Å². The van der Waals surface area contributed by atoms with Crippen molar-refractivity contribution in [3.8, 4) is 5.75 Å². The largest absolute Gasteiger partial charge is 0.481 e. The van der Waals surface area contributed by atoms with Crippen LogP contribution in [0.2, 0.25) is 0 Å². The van der Waals surface area contributed by atoms with Gasteiger partial charge in [0.1, 0.15) is 6.26 Å². The monoisotopic (exact) mass is 365 g/mol. The molecule has 1 aromatic carbocycles. The van der Waals surface area contributed by atoms with Crippen molar-refractivity contribution in [3.05, 3.63) is 64.0 Å². The van der Waals surface area contributed by atoms with Gasteiger partial charge in [0, 0.05) is 0 Å². The van der Waals surface area contributed by atoms with E-state index in [0.29, 0.717) is 0 Å². The molecule has 11 heteroatoms. The summed E-state index contributed by atoms with van der Waals surface area (Å²) in [4.78, 5) is 29.4. The predicted octanol–water partition coefficient (Wildman–Crippen LogP) is 1.43. The number of benzene rings is 1. The van der Waals surface area contributed by atoms with E-state index in [2.05, 4.69) is 25.5 Å². The van der Waals surface area contributed by atoms with Gasteiger partial charge < -0.3 is 14.5 Å². The van der Waals surface area contributed by atoms with Gasteiger partial charge in [0.2, 0.25) is 11.7 Å². The summed E-state index contributed by atoms with van der Waals surface area (Å²) in [5, 5.41) is 8.46. The molecule has 0 saturated heterocycles. The Hall–Kier alpha value is -3.50. The summed E-state index contributed by atoms with van der Waals surface area (Å²) < 4.78 is 36.8.